The first kappa shape index (κ1) is 18.1. The molecule has 1 aliphatic rings. The average molecular weight is 351 g/mol. The van der Waals surface area contributed by atoms with Gasteiger partial charge in [0.25, 0.3) is 0 Å². The quantitative estimate of drug-likeness (QED) is 0.815. The summed E-state index contributed by atoms with van der Waals surface area (Å²) in [7, 11) is 3.27. The summed E-state index contributed by atoms with van der Waals surface area (Å²) in [6.07, 6.45) is 2.46. The fraction of sp³-hybridized carbons (Fsp3) is 0.318. The first-order valence-corrected chi connectivity index (χ1v) is 8.70. The average Bonchev–Trinajstić information content (AvgIpc) is 2.61. The molecule has 0 spiro atoms. The molecule has 3 rings (SSSR count). The largest absolute Gasteiger partial charge is 0.497 e. The van der Waals surface area contributed by atoms with Gasteiger partial charge in [0.1, 0.15) is 11.5 Å². The summed E-state index contributed by atoms with van der Waals surface area (Å²) < 4.78 is 10.8. The monoisotopic (exact) mass is 351 g/mol. The lowest BCUT2D eigenvalue weighted by atomic mass is 9.88. The van der Waals surface area contributed by atoms with Gasteiger partial charge in [-0.1, -0.05) is 30.3 Å². The predicted molar refractivity (Wildman–Crippen MR) is 105 cm³/mol. The van der Waals surface area contributed by atoms with Crippen LogP contribution in [0.2, 0.25) is 0 Å². The third-order valence-corrected chi connectivity index (χ3v) is 4.78. The number of ether oxygens (including phenoxy) is 2. The van der Waals surface area contributed by atoms with E-state index in [-0.39, 0.29) is 5.91 Å². The van der Waals surface area contributed by atoms with Crippen molar-refractivity contribution in [1.29, 1.82) is 0 Å². The van der Waals surface area contributed by atoms with Gasteiger partial charge in [-0.2, -0.15) is 0 Å². The zero-order valence-electron chi connectivity index (χ0n) is 16.0. The van der Waals surface area contributed by atoms with Crippen LogP contribution in [0, 0.1) is 0 Å². The second-order valence-corrected chi connectivity index (χ2v) is 7.09. The maximum Gasteiger partial charge on any atom is 0.232 e. The molecule has 136 valence electrons. The Bertz CT molecular complexity index is 850. The second kappa shape index (κ2) is 6.87. The van der Waals surface area contributed by atoms with Gasteiger partial charge < -0.3 is 9.47 Å². The fourth-order valence-electron chi connectivity index (χ4n) is 3.64. The van der Waals surface area contributed by atoms with Gasteiger partial charge >= 0.3 is 0 Å². The number of methoxy groups -OCH3 is 2. The molecule has 0 unspecified atom stereocenters. The summed E-state index contributed by atoms with van der Waals surface area (Å²) in [6, 6.07) is 13.5. The maximum absolute atomic E-state index is 13.3. The molecule has 0 saturated heterocycles. The normalized spacial score (nSPS) is 15.1. The lowest BCUT2D eigenvalue weighted by Crippen LogP contribution is -2.49. The van der Waals surface area contributed by atoms with E-state index in [2.05, 4.69) is 26.8 Å². The minimum absolute atomic E-state index is 0.0367. The van der Waals surface area contributed by atoms with Gasteiger partial charge in [0, 0.05) is 5.56 Å². The van der Waals surface area contributed by atoms with E-state index >= 15 is 0 Å². The molecule has 0 N–H and O–H groups in total. The molecule has 4 heteroatoms. The van der Waals surface area contributed by atoms with Crippen LogP contribution in [-0.2, 0) is 11.2 Å². The Morgan fingerprint density at radius 3 is 2.35 bits per heavy atom. The maximum atomic E-state index is 13.3. The molecule has 2 aromatic carbocycles. The Morgan fingerprint density at radius 1 is 1.04 bits per heavy atom. The first-order valence-electron chi connectivity index (χ1n) is 8.70. The first-order chi connectivity index (χ1) is 12.4. The van der Waals surface area contributed by atoms with Gasteiger partial charge in [0.2, 0.25) is 5.91 Å². The number of rotatable bonds is 4. The third kappa shape index (κ3) is 3.19. The van der Waals surface area contributed by atoms with Crippen LogP contribution in [0.4, 0.5) is 5.69 Å². The molecule has 0 aromatic heterocycles. The Morgan fingerprint density at radius 2 is 1.73 bits per heavy atom. The number of hydrogen-bond acceptors (Lipinski definition) is 3. The summed E-state index contributed by atoms with van der Waals surface area (Å²) in [6.45, 7) is 6.18. The van der Waals surface area contributed by atoms with Gasteiger partial charge in [0.05, 0.1) is 31.9 Å². The smallest absolute Gasteiger partial charge is 0.232 e. The molecule has 1 heterocycles. The van der Waals surface area contributed by atoms with Crippen LogP contribution in [0.5, 0.6) is 11.5 Å². The highest BCUT2D eigenvalue weighted by Crippen LogP contribution is 2.44. The number of benzene rings is 2. The number of amides is 1. The van der Waals surface area contributed by atoms with Crippen LogP contribution in [-0.4, -0.2) is 25.7 Å². The lowest BCUT2D eigenvalue weighted by molar-refractivity contribution is -0.118. The van der Waals surface area contributed by atoms with Crippen molar-refractivity contribution < 1.29 is 14.3 Å². The van der Waals surface area contributed by atoms with E-state index in [1.54, 1.807) is 14.2 Å². The molecule has 4 nitrogen and oxygen atoms in total. The molecule has 0 fully saturated rings. The summed E-state index contributed by atoms with van der Waals surface area (Å²) in [5.41, 5.74) is 3.55. The number of para-hydroxylation sites is 1. The zero-order chi connectivity index (χ0) is 18.9. The van der Waals surface area contributed by atoms with Crippen LogP contribution >= 0.6 is 0 Å². The van der Waals surface area contributed by atoms with E-state index in [9.17, 15) is 4.79 Å². The highest BCUT2D eigenvalue weighted by atomic mass is 16.5. The van der Waals surface area contributed by atoms with Crippen molar-refractivity contribution in [3.63, 3.8) is 0 Å². The molecule has 0 atom stereocenters. The van der Waals surface area contributed by atoms with E-state index in [1.165, 1.54) is 0 Å². The zero-order valence-corrected chi connectivity index (χ0v) is 16.0. The van der Waals surface area contributed by atoms with Crippen molar-refractivity contribution in [2.45, 2.75) is 32.7 Å². The van der Waals surface area contributed by atoms with Crippen molar-refractivity contribution in [1.82, 2.24) is 0 Å². The second-order valence-electron chi connectivity index (χ2n) is 7.09. The fourth-order valence-corrected chi connectivity index (χ4v) is 3.64. The van der Waals surface area contributed by atoms with Crippen molar-refractivity contribution >= 4 is 17.2 Å². The van der Waals surface area contributed by atoms with E-state index in [0.717, 1.165) is 28.1 Å². The topological polar surface area (TPSA) is 38.8 Å². The summed E-state index contributed by atoms with van der Waals surface area (Å²) >= 11 is 0. The van der Waals surface area contributed by atoms with E-state index in [0.29, 0.717) is 12.2 Å². The Kier molecular flexibility index (Phi) is 4.77. The third-order valence-electron chi connectivity index (χ3n) is 4.78. The van der Waals surface area contributed by atoms with Crippen LogP contribution < -0.4 is 14.4 Å². The molecule has 2 aromatic rings. The lowest BCUT2D eigenvalue weighted by Gasteiger charge is -2.42. The molecular formula is C22H25NO3. The van der Waals surface area contributed by atoms with E-state index < -0.39 is 5.54 Å². The van der Waals surface area contributed by atoms with Crippen LogP contribution in [0.15, 0.2) is 48.5 Å². The molecule has 0 bridgehead atoms. The minimum atomic E-state index is -0.435. The number of anilines is 1. The summed E-state index contributed by atoms with van der Waals surface area (Å²) in [4.78, 5) is 15.1. The molecule has 1 amide bonds. The van der Waals surface area contributed by atoms with Gasteiger partial charge in [-0.25, -0.2) is 0 Å². The number of fused-ring (bicyclic) bond motifs is 1. The number of hydrogen-bond donors (Lipinski definition) is 0. The van der Waals surface area contributed by atoms with Crippen LogP contribution in [0.25, 0.3) is 5.57 Å². The highest BCUT2D eigenvalue weighted by molar-refractivity contribution is 6.03. The molecule has 26 heavy (non-hydrogen) atoms. The van der Waals surface area contributed by atoms with Crippen LogP contribution in [0.1, 0.15) is 31.9 Å². The Hall–Kier alpha value is -2.75. The molecule has 1 aliphatic heterocycles. The van der Waals surface area contributed by atoms with E-state index in [1.807, 2.05) is 47.4 Å². The van der Waals surface area contributed by atoms with E-state index in [4.69, 9.17) is 9.47 Å². The van der Waals surface area contributed by atoms with Crippen molar-refractivity contribution in [3.8, 4) is 11.5 Å². The highest BCUT2D eigenvalue weighted by Gasteiger charge is 2.37. The molecule has 0 aliphatic carbocycles. The van der Waals surface area contributed by atoms with Crippen molar-refractivity contribution in [2.24, 2.45) is 0 Å². The summed E-state index contributed by atoms with van der Waals surface area (Å²) in [5, 5.41) is 0. The van der Waals surface area contributed by atoms with Gasteiger partial charge in [0.15, 0.2) is 0 Å². The molecule has 0 radical (unpaired) electrons. The standard InChI is InChI=1S/C22H25NO3/c1-15-14-22(2,3)23(21-18(15)7-6-8-19(21)26-5)20(24)13-16-9-11-17(25-4)12-10-16/h6-12,14H,13H2,1-5H3. The van der Waals surface area contributed by atoms with Crippen molar-refractivity contribution in [3.05, 3.63) is 59.7 Å². The Balaban J connectivity index is 2.01. The van der Waals surface area contributed by atoms with Crippen molar-refractivity contribution in [2.75, 3.05) is 19.1 Å². The minimum Gasteiger partial charge on any atom is -0.497 e. The number of allylic oxidation sites excluding steroid dienone is 1. The SMILES string of the molecule is COc1ccc(CC(=O)N2c3c(OC)cccc3C(C)=CC2(C)C)cc1. The van der Waals surface area contributed by atoms with Gasteiger partial charge in [-0.05, 0) is 50.1 Å². The Labute approximate surface area is 155 Å². The van der Waals surface area contributed by atoms with Crippen LogP contribution in [0.3, 0.4) is 0 Å². The van der Waals surface area contributed by atoms with Gasteiger partial charge in [-0.3, -0.25) is 9.69 Å². The molecule has 0 saturated carbocycles. The number of carbonyl (C=O) groups excluding carboxylic acids is 1. The van der Waals surface area contributed by atoms with Gasteiger partial charge in [-0.15, -0.1) is 0 Å². The predicted octanol–water partition coefficient (Wildman–Crippen LogP) is 4.48. The number of carbonyl (C=O) groups is 1. The molecular weight excluding hydrogens is 326 g/mol. The summed E-state index contributed by atoms with van der Waals surface area (Å²) in [5.74, 6) is 1.53. The number of nitrogens with zero attached hydrogens (tertiary/aromatic N) is 1.